The van der Waals surface area contributed by atoms with E-state index in [2.05, 4.69) is 5.32 Å². The Hall–Kier alpha value is -2.30. The summed E-state index contributed by atoms with van der Waals surface area (Å²) in [7, 11) is 1.59. The average Bonchev–Trinajstić information content (AvgIpc) is 2.59. The molecule has 3 aromatic rings. The SMILES string of the molecule is COc1ccc(-c2cc(NC[C@H](C)O)c3ccccc3n2)cc1Cl. The lowest BCUT2D eigenvalue weighted by atomic mass is 10.1. The summed E-state index contributed by atoms with van der Waals surface area (Å²) in [5.41, 5.74) is 3.54. The molecule has 1 aromatic heterocycles. The van der Waals surface area contributed by atoms with Crippen molar-refractivity contribution < 1.29 is 9.84 Å². The van der Waals surface area contributed by atoms with Crippen LogP contribution in [0.15, 0.2) is 48.5 Å². The van der Waals surface area contributed by atoms with E-state index in [1.807, 2.05) is 48.5 Å². The summed E-state index contributed by atoms with van der Waals surface area (Å²) in [4.78, 5) is 4.73. The van der Waals surface area contributed by atoms with Crippen molar-refractivity contribution in [2.45, 2.75) is 13.0 Å². The number of methoxy groups -OCH3 is 1. The van der Waals surface area contributed by atoms with Gasteiger partial charge in [0.1, 0.15) is 5.75 Å². The number of benzene rings is 2. The zero-order valence-electron chi connectivity index (χ0n) is 13.6. The van der Waals surface area contributed by atoms with Gasteiger partial charge in [-0.15, -0.1) is 0 Å². The van der Waals surface area contributed by atoms with Crippen LogP contribution in [0.4, 0.5) is 5.69 Å². The molecule has 0 saturated carbocycles. The first-order valence-corrected chi connectivity index (χ1v) is 8.12. The number of halogens is 1. The molecule has 0 amide bonds. The third kappa shape index (κ3) is 3.45. The summed E-state index contributed by atoms with van der Waals surface area (Å²) in [6.45, 7) is 2.22. The number of hydrogen-bond donors (Lipinski definition) is 2. The summed E-state index contributed by atoms with van der Waals surface area (Å²) in [6, 6.07) is 15.5. The molecule has 4 nitrogen and oxygen atoms in total. The van der Waals surface area contributed by atoms with Gasteiger partial charge in [0.15, 0.2) is 0 Å². The molecule has 0 fully saturated rings. The van der Waals surface area contributed by atoms with E-state index in [0.717, 1.165) is 27.8 Å². The Morgan fingerprint density at radius 1 is 1.21 bits per heavy atom. The highest BCUT2D eigenvalue weighted by Gasteiger charge is 2.10. The lowest BCUT2D eigenvalue weighted by Gasteiger charge is -2.14. The van der Waals surface area contributed by atoms with Crippen LogP contribution in [0.1, 0.15) is 6.92 Å². The number of nitrogens with one attached hydrogen (secondary N) is 1. The number of aromatic nitrogens is 1. The fraction of sp³-hybridized carbons (Fsp3) is 0.211. The van der Waals surface area contributed by atoms with Crippen molar-refractivity contribution in [2.75, 3.05) is 19.0 Å². The van der Waals surface area contributed by atoms with Crippen LogP contribution < -0.4 is 10.1 Å². The largest absolute Gasteiger partial charge is 0.495 e. The molecular formula is C19H19ClN2O2. The number of fused-ring (bicyclic) bond motifs is 1. The maximum absolute atomic E-state index is 9.56. The van der Waals surface area contributed by atoms with Gasteiger partial charge in [0.2, 0.25) is 0 Å². The number of ether oxygens (including phenoxy) is 1. The summed E-state index contributed by atoms with van der Waals surface area (Å²) in [5.74, 6) is 0.633. The monoisotopic (exact) mass is 342 g/mol. The maximum atomic E-state index is 9.56. The van der Waals surface area contributed by atoms with Gasteiger partial charge in [0.05, 0.1) is 29.4 Å². The van der Waals surface area contributed by atoms with Crippen molar-refractivity contribution in [1.82, 2.24) is 4.98 Å². The predicted octanol–water partition coefficient (Wildman–Crippen LogP) is 4.36. The zero-order chi connectivity index (χ0) is 17.1. The summed E-state index contributed by atoms with van der Waals surface area (Å²) in [6.07, 6.45) is -0.434. The van der Waals surface area contributed by atoms with E-state index in [-0.39, 0.29) is 0 Å². The molecule has 2 N–H and O–H groups in total. The maximum Gasteiger partial charge on any atom is 0.137 e. The zero-order valence-corrected chi connectivity index (χ0v) is 14.3. The van der Waals surface area contributed by atoms with Crippen LogP contribution in [0.5, 0.6) is 5.75 Å². The molecule has 0 spiro atoms. The fourth-order valence-electron chi connectivity index (χ4n) is 2.55. The second kappa shape index (κ2) is 7.07. The highest BCUT2D eigenvalue weighted by molar-refractivity contribution is 6.32. The van der Waals surface area contributed by atoms with Gasteiger partial charge in [0, 0.05) is 23.2 Å². The van der Waals surface area contributed by atoms with Crippen molar-refractivity contribution in [3.05, 3.63) is 53.6 Å². The van der Waals surface area contributed by atoms with Crippen molar-refractivity contribution in [2.24, 2.45) is 0 Å². The van der Waals surface area contributed by atoms with Crippen molar-refractivity contribution in [3.63, 3.8) is 0 Å². The second-order valence-corrected chi connectivity index (χ2v) is 6.06. The molecule has 0 unspecified atom stereocenters. The Morgan fingerprint density at radius 2 is 2.00 bits per heavy atom. The number of pyridine rings is 1. The number of para-hydroxylation sites is 1. The number of aliphatic hydroxyl groups excluding tert-OH is 1. The molecule has 124 valence electrons. The summed E-state index contributed by atoms with van der Waals surface area (Å²) >= 11 is 6.24. The van der Waals surface area contributed by atoms with Crippen molar-refractivity contribution in [1.29, 1.82) is 0 Å². The van der Waals surface area contributed by atoms with Crippen LogP contribution in [-0.2, 0) is 0 Å². The average molecular weight is 343 g/mol. The molecule has 1 atom stereocenters. The molecule has 0 bridgehead atoms. The standard InChI is InChI=1S/C19H19ClN2O2/c1-12(23)11-21-18-10-17(22-16-6-4-3-5-14(16)18)13-7-8-19(24-2)15(20)9-13/h3-10,12,23H,11H2,1-2H3,(H,21,22)/t12-/m0/s1. The van der Waals surface area contributed by atoms with Crippen LogP contribution in [0.25, 0.3) is 22.2 Å². The van der Waals surface area contributed by atoms with Crippen LogP contribution in [0, 0.1) is 0 Å². The molecule has 2 aromatic carbocycles. The minimum atomic E-state index is -0.434. The van der Waals surface area contributed by atoms with E-state index in [4.69, 9.17) is 21.3 Å². The van der Waals surface area contributed by atoms with Crippen LogP contribution in [-0.4, -0.2) is 29.8 Å². The normalized spacial score (nSPS) is 12.2. The highest BCUT2D eigenvalue weighted by Crippen LogP contribution is 2.32. The first-order chi connectivity index (χ1) is 11.6. The van der Waals surface area contributed by atoms with Gasteiger partial charge in [-0.1, -0.05) is 29.8 Å². The van der Waals surface area contributed by atoms with Crippen LogP contribution in [0.2, 0.25) is 5.02 Å². The molecule has 0 aliphatic carbocycles. The first-order valence-electron chi connectivity index (χ1n) is 7.74. The minimum absolute atomic E-state index is 0.434. The van der Waals surface area contributed by atoms with Crippen molar-refractivity contribution >= 4 is 28.2 Å². The third-order valence-electron chi connectivity index (χ3n) is 3.75. The molecule has 5 heteroatoms. The topological polar surface area (TPSA) is 54.4 Å². The number of hydrogen-bond acceptors (Lipinski definition) is 4. The van der Waals surface area contributed by atoms with Gasteiger partial charge in [-0.05, 0) is 37.3 Å². The number of anilines is 1. The quantitative estimate of drug-likeness (QED) is 0.723. The van der Waals surface area contributed by atoms with Crippen LogP contribution in [0.3, 0.4) is 0 Å². The number of rotatable bonds is 5. The number of nitrogens with zero attached hydrogens (tertiary/aromatic N) is 1. The summed E-state index contributed by atoms with van der Waals surface area (Å²) in [5, 5.41) is 14.4. The fourth-order valence-corrected chi connectivity index (χ4v) is 2.81. The summed E-state index contributed by atoms with van der Waals surface area (Å²) < 4.78 is 5.20. The Kier molecular flexibility index (Phi) is 4.88. The van der Waals surface area contributed by atoms with Crippen molar-refractivity contribution in [3.8, 4) is 17.0 Å². The van der Waals surface area contributed by atoms with E-state index >= 15 is 0 Å². The van der Waals surface area contributed by atoms with Gasteiger partial charge >= 0.3 is 0 Å². The molecule has 0 radical (unpaired) electrons. The molecule has 0 aliphatic heterocycles. The Balaban J connectivity index is 2.09. The smallest absolute Gasteiger partial charge is 0.137 e. The molecule has 1 heterocycles. The van der Waals surface area contributed by atoms with E-state index in [1.165, 1.54) is 0 Å². The molecule has 0 aliphatic rings. The highest BCUT2D eigenvalue weighted by atomic mass is 35.5. The van der Waals surface area contributed by atoms with E-state index in [1.54, 1.807) is 14.0 Å². The lowest BCUT2D eigenvalue weighted by Crippen LogP contribution is -2.15. The minimum Gasteiger partial charge on any atom is -0.495 e. The van der Waals surface area contributed by atoms with E-state index in [0.29, 0.717) is 17.3 Å². The molecule has 3 rings (SSSR count). The Labute approximate surface area is 146 Å². The van der Waals surface area contributed by atoms with Gasteiger partial charge in [-0.3, -0.25) is 0 Å². The molecule has 24 heavy (non-hydrogen) atoms. The first kappa shape index (κ1) is 16.6. The third-order valence-corrected chi connectivity index (χ3v) is 4.05. The lowest BCUT2D eigenvalue weighted by molar-refractivity contribution is 0.208. The van der Waals surface area contributed by atoms with Gasteiger partial charge in [0.25, 0.3) is 0 Å². The van der Waals surface area contributed by atoms with Crippen LogP contribution >= 0.6 is 11.6 Å². The Bertz CT molecular complexity index is 865. The molecule has 0 saturated heterocycles. The Morgan fingerprint density at radius 3 is 2.71 bits per heavy atom. The number of aliphatic hydroxyl groups is 1. The van der Waals surface area contributed by atoms with Gasteiger partial charge < -0.3 is 15.2 Å². The predicted molar refractivity (Wildman–Crippen MR) is 98.9 cm³/mol. The molecular weight excluding hydrogens is 324 g/mol. The van der Waals surface area contributed by atoms with E-state index in [9.17, 15) is 5.11 Å². The van der Waals surface area contributed by atoms with Gasteiger partial charge in [-0.25, -0.2) is 4.98 Å². The van der Waals surface area contributed by atoms with Gasteiger partial charge in [-0.2, -0.15) is 0 Å². The van der Waals surface area contributed by atoms with E-state index < -0.39 is 6.10 Å². The second-order valence-electron chi connectivity index (χ2n) is 5.65.